The van der Waals surface area contributed by atoms with Gasteiger partial charge in [-0.05, 0) is 53.0 Å². The summed E-state index contributed by atoms with van der Waals surface area (Å²) in [5, 5.41) is 2.92. The Morgan fingerprint density at radius 1 is 1.41 bits per heavy atom. The third kappa shape index (κ3) is 3.88. The van der Waals surface area contributed by atoms with Crippen LogP contribution in [-0.2, 0) is 9.59 Å². The second-order valence-electron chi connectivity index (χ2n) is 5.14. The van der Waals surface area contributed by atoms with Crippen molar-refractivity contribution < 1.29 is 14.3 Å². The summed E-state index contributed by atoms with van der Waals surface area (Å²) in [5.74, 6) is 0.553. The molecule has 118 valence electrons. The zero-order valence-electron chi connectivity index (χ0n) is 12.5. The molecule has 0 radical (unpaired) electrons. The van der Waals surface area contributed by atoms with Crippen molar-refractivity contribution in [1.82, 2.24) is 4.90 Å². The highest BCUT2D eigenvalue weighted by Crippen LogP contribution is 2.28. The summed E-state index contributed by atoms with van der Waals surface area (Å²) >= 11 is 3.42. The molecule has 1 aliphatic heterocycles. The monoisotopic (exact) mass is 366 g/mol. The van der Waals surface area contributed by atoms with Crippen LogP contribution in [0.1, 0.15) is 12.8 Å². The summed E-state index contributed by atoms with van der Waals surface area (Å²) in [4.78, 5) is 25.6. The van der Waals surface area contributed by atoms with Gasteiger partial charge in [-0.1, -0.05) is 6.58 Å². The smallest absolute Gasteiger partial charge is 0.245 e. The summed E-state index contributed by atoms with van der Waals surface area (Å²) in [6.45, 7) is 4.66. The Morgan fingerprint density at radius 3 is 2.64 bits per heavy atom. The number of ether oxygens (including phenoxy) is 1. The van der Waals surface area contributed by atoms with Crippen LogP contribution >= 0.6 is 15.9 Å². The average molecular weight is 367 g/mol. The summed E-state index contributed by atoms with van der Waals surface area (Å²) in [5.41, 5.74) is 0.718. The number of nitrogens with one attached hydrogen (secondary N) is 1. The molecular weight excluding hydrogens is 348 g/mol. The van der Waals surface area contributed by atoms with Gasteiger partial charge in [0.1, 0.15) is 5.75 Å². The van der Waals surface area contributed by atoms with Gasteiger partial charge in [0.15, 0.2) is 0 Å². The first kappa shape index (κ1) is 16.5. The molecule has 0 saturated carbocycles. The van der Waals surface area contributed by atoms with Crippen molar-refractivity contribution in [2.45, 2.75) is 12.8 Å². The van der Waals surface area contributed by atoms with E-state index in [4.69, 9.17) is 4.74 Å². The third-order valence-corrected chi connectivity index (χ3v) is 4.44. The molecule has 22 heavy (non-hydrogen) atoms. The maximum atomic E-state index is 12.3. The molecule has 0 aliphatic carbocycles. The van der Waals surface area contributed by atoms with Gasteiger partial charge >= 0.3 is 0 Å². The third-order valence-electron chi connectivity index (χ3n) is 3.79. The molecule has 1 aromatic carbocycles. The minimum Gasteiger partial charge on any atom is -0.497 e. The molecule has 1 aliphatic rings. The van der Waals surface area contributed by atoms with Crippen LogP contribution in [0.2, 0.25) is 0 Å². The van der Waals surface area contributed by atoms with Gasteiger partial charge in [-0.15, -0.1) is 0 Å². The number of methoxy groups -OCH3 is 1. The van der Waals surface area contributed by atoms with Gasteiger partial charge in [-0.25, -0.2) is 0 Å². The van der Waals surface area contributed by atoms with Gasteiger partial charge in [0.2, 0.25) is 11.8 Å². The first-order valence-electron chi connectivity index (χ1n) is 7.11. The second-order valence-corrected chi connectivity index (χ2v) is 5.99. The van der Waals surface area contributed by atoms with Crippen LogP contribution in [-0.4, -0.2) is 36.9 Å². The van der Waals surface area contributed by atoms with Crippen molar-refractivity contribution in [2.75, 3.05) is 25.5 Å². The lowest BCUT2D eigenvalue weighted by Crippen LogP contribution is -2.40. The van der Waals surface area contributed by atoms with Crippen LogP contribution in [0.5, 0.6) is 5.75 Å². The highest BCUT2D eigenvalue weighted by molar-refractivity contribution is 9.10. The van der Waals surface area contributed by atoms with Crippen molar-refractivity contribution >= 4 is 33.4 Å². The van der Waals surface area contributed by atoms with E-state index < -0.39 is 0 Å². The molecule has 1 saturated heterocycles. The molecule has 2 rings (SSSR count). The van der Waals surface area contributed by atoms with E-state index in [9.17, 15) is 9.59 Å². The average Bonchev–Trinajstić information content (AvgIpc) is 2.56. The normalized spacial score (nSPS) is 15.3. The standard InChI is InChI=1S/C16H19BrN2O3/c1-3-15(20)19-8-6-11(7-9-19)16(21)18-14-5-4-12(22-2)10-13(14)17/h3-5,10-11H,1,6-9H2,2H3,(H,18,21). The number of carbonyl (C=O) groups is 2. The molecule has 1 fully saturated rings. The number of hydrogen-bond donors (Lipinski definition) is 1. The predicted octanol–water partition coefficient (Wildman–Crippen LogP) is 2.82. The van der Waals surface area contributed by atoms with E-state index in [-0.39, 0.29) is 17.7 Å². The fourth-order valence-corrected chi connectivity index (χ4v) is 2.91. The highest BCUT2D eigenvalue weighted by Gasteiger charge is 2.26. The maximum Gasteiger partial charge on any atom is 0.245 e. The Bertz CT molecular complexity index is 581. The number of piperidine rings is 1. The lowest BCUT2D eigenvalue weighted by Gasteiger charge is -2.30. The van der Waals surface area contributed by atoms with Crippen LogP contribution in [0.3, 0.4) is 0 Å². The van der Waals surface area contributed by atoms with Gasteiger partial charge in [0.05, 0.1) is 12.8 Å². The first-order valence-corrected chi connectivity index (χ1v) is 7.90. The van der Waals surface area contributed by atoms with Crippen LogP contribution < -0.4 is 10.1 Å². The van der Waals surface area contributed by atoms with E-state index in [2.05, 4.69) is 27.8 Å². The highest BCUT2D eigenvalue weighted by atomic mass is 79.9. The molecule has 1 N–H and O–H groups in total. The lowest BCUT2D eigenvalue weighted by molar-refractivity contribution is -0.130. The SMILES string of the molecule is C=CC(=O)N1CCC(C(=O)Nc2ccc(OC)cc2Br)CC1. The summed E-state index contributed by atoms with van der Waals surface area (Å²) < 4.78 is 5.91. The van der Waals surface area contributed by atoms with Crippen molar-refractivity contribution in [1.29, 1.82) is 0 Å². The van der Waals surface area contributed by atoms with Gasteiger partial charge in [0.25, 0.3) is 0 Å². The number of carbonyl (C=O) groups excluding carboxylic acids is 2. The number of hydrogen-bond acceptors (Lipinski definition) is 3. The van der Waals surface area contributed by atoms with Crippen molar-refractivity contribution in [3.05, 3.63) is 35.3 Å². The maximum absolute atomic E-state index is 12.3. The van der Waals surface area contributed by atoms with Gasteiger partial charge in [-0.2, -0.15) is 0 Å². The summed E-state index contributed by atoms with van der Waals surface area (Å²) in [6.07, 6.45) is 2.65. The van der Waals surface area contributed by atoms with Gasteiger partial charge < -0.3 is 15.0 Å². The molecule has 6 heteroatoms. The molecule has 1 heterocycles. The fourth-order valence-electron chi connectivity index (χ4n) is 2.45. The molecule has 0 bridgehead atoms. The van der Waals surface area contributed by atoms with Crippen molar-refractivity contribution in [3.8, 4) is 5.75 Å². The number of anilines is 1. The Labute approximate surface area is 138 Å². The summed E-state index contributed by atoms with van der Waals surface area (Å²) in [6, 6.07) is 5.41. The van der Waals surface area contributed by atoms with E-state index in [1.54, 1.807) is 30.2 Å². The number of benzene rings is 1. The molecule has 0 spiro atoms. The quantitative estimate of drug-likeness (QED) is 0.833. The Morgan fingerprint density at radius 2 is 2.09 bits per heavy atom. The molecule has 2 amide bonds. The van der Waals surface area contributed by atoms with Crippen LogP contribution in [0.4, 0.5) is 5.69 Å². The molecule has 0 aromatic heterocycles. The van der Waals surface area contributed by atoms with E-state index in [1.165, 1.54) is 6.08 Å². The zero-order chi connectivity index (χ0) is 16.1. The number of rotatable bonds is 4. The van der Waals surface area contributed by atoms with Crippen molar-refractivity contribution in [3.63, 3.8) is 0 Å². The molecule has 0 unspecified atom stereocenters. The lowest BCUT2D eigenvalue weighted by atomic mass is 9.95. The Balaban J connectivity index is 1.93. The van der Waals surface area contributed by atoms with E-state index >= 15 is 0 Å². The number of amides is 2. The minimum absolute atomic E-state index is 0.0171. The minimum atomic E-state index is -0.0807. The first-order chi connectivity index (χ1) is 10.5. The van der Waals surface area contributed by atoms with Crippen LogP contribution in [0.15, 0.2) is 35.3 Å². The molecule has 0 atom stereocenters. The Kier molecular flexibility index (Phi) is 5.60. The van der Waals surface area contributed by atoms with E-state index in [0.29, 0.717) is 25.9 Å². The molecule has 1 aromatic rings. The molecular formula is C16H19BrN2O3. The second kappa shape index (κ2) is 7.45. The van der Waals surface area contributed by atoms with Crippen LogP contribution in [0.25, 0.3) is 0 Å². The van der Waals surface area contributed by atoms with Crippen molar-refractivity contribution in [2.24, 2.45) is 5.92 Å². The van der Waals surface area contributed by atoms with E-state index in [0.717, 1.165) is 15.9 Å². The van der Waals surface area contributed by atoms with Crippen LogP contribution in [0, 0.1) is 5.92 Å². The number of nitrogens with zero attached hydrogens (tertiary/aromatic N) is 1. The fraction of sp³-hybridized carbons (Fsp3) is 0.375. The summed E-state index contributed by atoms with van der Waals surface area (Å²) in [7, 11) is 1.60. The van der Waals surface area contributed by atoms with E-state index in [1.807, 2.05) is 0 Å². The number of likely N-dealkylation sites (tertiary alicyclic amines) is 1. The predicted molar refractivity (Wildman–Crippen MR) is 88.8 cm³/mol. The topological polar surface area (TPSA) is 58.6 Å². The zero-order valence-corrected chi connectivity index (χ0v) is 14.1. The number of halogens is 1. The van der Waals surface area contributed by atoms with Gasteiger partial charge in [0, 0.05) is 23.5 Å². The Hall–Kier alpha value is -1.82. The van der Waals surface area contributed by atoms with Gasteiger partial charge in [-0.3, -0.25) is 9.59 Å². The molecule has 5 nitrogen and oxygen atoms in total. The largest absolute Gasteiger partial charge is 0.497 e.